The first-order valence-electron chi connectivity index (χ1n) is 10.6. The average Bonchev–Trinajstić information content (AvgIpc) is 2.74. The predicted octanol–water partition coefficient (Wildman–Crippen LogP) is 5.79. The quantitative estimate of drug-likeness (QED) is 0.596. The van der Waals surface area contributed by atoms with Crippen LogP contribution in [-0.2, 0) is 9.59 Å². The second-order valence-corrected chi connectivity index (χ2v) is 9.29. The largest absolute Gasteiger partial charge is 0.493 e. The summed E-state index contributed by atoms with van der Waals surface area (Å²) in [4.78, 5) is 25.9. The van der Waals surface area contributed by atoms with Crippen LogP contribution in [0.15, 0.2) is 47.7 Å². The number of ether oxygens (including phenoxy) is 2. The van der Waals surface area contributed by atoms with Gasteiger partial charge in [-0.15, -0.1) is 0 Å². The molecule has 1 heterocycles. The summed E-state index contributed by atoms with van der Waals surface area (Å²) in [6, 6.07) is 11.0. The van der Waals surface area contributed by atoms with E-state index < -0.39 is 0 Å². The second kappa shape index (κ2) is 9.16. The molecule has 0 aromatic heterocycles. The summed E-state index contributed by atoms with van der Waals surface area (Å²) in [5.41, 5.74) is 3.18. The SMILES string of the molecule is COc1cc(C2CC(=O)NC3=C2C(=O)CC(c2ccc(Cl)c(Cl)c2)C3)ccc1OC(C)C. The Bertz CT molecular complexity index is 1110. The van der Waals surface area contributed by atoms with E-state index in [4.69, 9.17) is 32.7 Å². The normalized spacial score (nSPS) is 20.8. The summed E-state index contributed by atoms with van der Waals surface area (Å²) in [6.07, 6.45) is 1.14. The molecule has 0 saturated heterocycles. The van der Waals surface area contributed by atoms with Gasteiger partial charge in [-0.1, -0.05) is 35.3 Å². The number of nitrogens with one attached hydrogen (secondary N) is 1. The third-order valence-corrected chi connectivity index (χ3v) is 6.64. The molecule has 1 N–H and O–H groups in total. The second-order valence-electron chi connectivity index (χ2n) is 8.48. The van der Waals surface area contributed by atoms with Crippen molar-refractivity contribution in [3.05, 3.63) is 68.8 Å². The van der Waals surface area contributed by atoms with Crippen molar-refractivity contribution in [2.24, 2.45) is 0 Å². The fraction of sp³-hybridized carbons (Fsp3) is 0.360. The van der Waals surface area contributed by atoms with Gasteiger partial charge in [0.05, 0.1) is 23.3 Å². The Balaban J connectivity index is 1.69. The van der Waals surface area contributed by atoms with E-state index in [1.54, 1.807) is 19.2 Å². The minimum atomic E-state index is -0.317. The fourth-order valence-corrected chi connectivity index (χ4v) is 4.81. The van der Waals surface area contributed by atoms with Crippen LogP contribution in [0, 0.1) is 0 Å². The molecule has 0 radical (unpaired) electrons. The lowest BCUT2D eigenvalue weighted by Gasteiger charge is -2.34. The number of allylic oxidation sites excluding steroid dienone is 2. The van der Waals surface area contributed by atoms with Gasteiger partial charge < -0.3 is 14.8 Å². The number of rotatable bonds is 5. The molecule has 0 fully saturated rings. The molecule has 2 atom stereocenters. The van der Waals surface area contributed by atoms with E-state index in [-0.39, 0.29) is 36.1 Å². The molecular weight excluding hydrogens is 449 g/mol. The molecule has 1 aliphatic heterocycles. The molecule has 2 aliphatic rings. The molecule has 32 heavy (non-hydrogen) atoms. The van der Waals surface area contributed by atoms with Crippen LogP contribution in [0.4, 0.5) is 0 Å². The van der Waals surface area contributed by atoms with Crippen molar-refractivity contribution in [2.75, 3.05) is 7.11 Å². The summed E-state index contributed by atoms with van der Waals surface area (Å²) >= 11 is 12.2. The van der Waals surface area contributed by atoms with E-state index >= 15 is 0 Å². The first kappa shape index (κ1) is 22.7. The third kappa shape index (κ3) is 4.50. The molecule has 1 aliphatic carbocycles. The van der Waals surface area contributed by atoms with Gasteiger partial charge in [-0.25, -0.2) is 0 Å². The van der Waals surface area contributed by atoms with E-state index in [1.807, 2.05) is 38.1 Å². The topological polar surface area (TPSA) is 64.6 Å². The number of carbonyl (C=O) groups excluding carboxylic acids is 2. The number of hydrogen-bond donors (Lipinski definition) is 1. The van der Waals surface area contributed by atoms with Gasteiger partial charge in [-0.05, 0) is 61.6 Å². The molecule has 2 aromatic carbocycles. The van der Waals surface area contributed by atoms with Crippen molar-refractivity contribution in [3.8, 4) is 11.5 Å². The van der Waals surface area contributed by atoms with E-state index in [2.05, 4.69) is 5.32 Å². The van der Waals surface area contributed by atoms with Crippen molar-refractivity contribution in [3.63, 3.8) is 0 Å². The van der Waals surface area contributed by atoms with Gasteiger partial charge in [0.1, 0.15) is 0 Å². The number of amides is 1. The lowest BCUT2D eigenvalue weighted by atomic mass is 9.73. The van der Waals surface area contributed by atoms with Gasteiger partial charge in [-0.2, -0.15) is 0 Å². The first-order valence-corrected chi connectivity index (χ1v) is 11.4. The fourth-order valence-electron chi connectivity index (χ4n) is 4.50. The lowest BCUT2D eigenvalue weighted by Crippen LogP contribution is -2.38. The monoisotopic (exact) mass is 473 g/mol. The molecule has 168 valence electrons. The third-order valence-electron chi connectivity index (χ3n) is 5.90. The molecule has 0 bridgehead atoms. The number of benzene rings is 2. The highest BCUT2D eigenvalue weighted by Gasteiger charge is 2.38. The Morgan fingerprint density at radius 3 is 2.38 bits per heavy atom. The van der Waals surface area contributed by atoms with Crippen molar-refractivity contribution < 1.29 is 19.1 Å². The van der Waals surface area contributed by atoms with Crippen molar-refractivity contribution in [1.29, 1.82) is 0 Å². The molecule has 2 aromatic rings. The van der Waals surface area contributed by atoms with Crippen molar-refractivity contribution in [2.45, 2.75) is 51.0 Å². The van der Waals surface area contributed by atoms with Crippen molar-refractivity contribution >= 4 is 34.9 Å². The number of ketones is 1. The van der Waals surface area contributed by atoms with Gasteiger partial charge in [-0.3, -0.25) is 9.59 Å². The Kier molecular flexibility index (Phi) is 6.50. The number of Topliss-reactive ketones (excluding diaryl/α,β-unsaturated/α-hetero) is 1. The van der Waals surface area contributed by atoms with E-state index in [9.17, 15) is 9.59 Å². The van der Waals surface area contributed by atoms with Gasteiger partial charge >= 0.3 is 0 Å². The van der Waals surface area contributed by atoms with Crippen LogP contribution in [0.1, 0.15) is 56.1 Å². The number of hydrogen-bond acceptors (Lipinski definition) is 4. The Hall–Kier alpha value is -2.50. The predicted molar refractivity (Wildman–Crippen MR) is 125 cm³/mol. The maximum Gasteiger partial charge on any atom is 0.225 e. The zero-order valence-electron chi connectivity index (χ0n) is 18.2. The minimum Gasteiger partial charge on any atom is -0.493 e. The van der Waals surface area contributed by atoms with E-state index in [1.165, 1.54) is 0 Å². The Morgan fingerprint density at radius 1 is 0.938 bits per heavy atom. The zero-order valence-corrected chi connectivity index (χ0v) is 19.7. The lowest BCUT2D eigenvalue weighted by molar-refractivity contribution is -0.122. The van der Waals surface area contributed by atoms with Crippen LogP contribution in [0.25, 0.3) is 0 Å². The number of carbonyl (C=O) groups is 2. The van der Waals surface area contributed by atoms with Crippen LogP contribution in [0.2, 0.25) is 10.0 Å². The zero-order chi connectivity index (χ0) is 23.0. The van der Waals surface area contributed by atoms with Gasteiger partial charge in [0.25, 0.3) is 0 Å². The summed E-state index contributed by atoms with van der Waals surface area (Å²) in [5, 5.41) is 3.88. The van der Waals surface area contributed by atoms with E-state index in [0.29, 0.717) is 45.7 Å². The molecule has 0 spiro atoms. The summed E-state index contributed by atoms with van der Waals surface area (Å²) < 4.78 is 11.3. The molecule has 5 nitrogen and oxygen atoms in total. The summed E-state index contributed by atoms with van der Waals surface area (Å²) in [6.45, 7) is 3.89. The molecule has 1 amide bonds. The molecule has 4 rings (SSSR count). The molecular formula is C25H25Cl2NO4. The van der Waals surface area contributed by atoms with Crippen LogP contribution < -0.4 is 14.8 Å². The van der Waals surface area contributed by atoms with Crippen LogP contribution >= 0.6 is 23.2 Å². The average molecular weight is 474 g/mol. The van der Waals surface area contributed by atoms with Crippen molar-refractivity contribution in [1.82, 2.24) is 5.32 Å². The van der Waals surface area contributed by atoms with Crippen LogP contribution in [-0.4, -0.2) is 24.9 Å². The van der Waals surface area contributed by atoms with Gasteiger partial charge in [0.15, 0.2) is 17.3 Å². The Labute approximate surface area is 197 Å². The maximum atomic E-state index is 13.3. The molecule has 7 heteroatoms. The highest BCUT2D eigenvalue weighted by atomic mass is 35.5. The number of halogens is 2. The Morgan fingerprint density at radius 2 is 1.69 bits per heavy atom. The first-order chi connectivity index (χ1) is 15.3. The van der Waals surface area contributed by atoms with Gasteiger partial charge in [0.2, 0.25) is 5.91 Å². The summed E-state index contributed by atoms with van der Waals surface area (Å²) in [5.74, 6) is 0.776. The highest BCUT2D eigenvalue weighted by Crippen LogP contribution is 2.44. The van der Waals surface area contributed by atoms with Gasteiger partial charge in [0, 0.05) is 30.0 Å². The van der Waals surface area contributed by atoms with Crippen LogP contribution in [0.5, 0.6) is 11.5 Å². The maximum absolute atomic E-state index is 13.3. The summed E-state index contributed by atoms with van der Waals surface area (Å²) in [7, 11) is 1.58. The highest BCUT2D eigenvalue weighted by molar-refractivity contribution is 6.42. The van der Waals surface area contributed by atoms with Crippen LogP contribution in [0.3, 0.4) is 0 Å². The minimum absolute atomic E-state index is 0.00254. The molecule has 2 unspecified atom stereocenters. The molecule has 0 saturated carbocycles. The number of methoxy groups -OCH3 is 1. The smallest absolute Gasteiger partial charge is 0.225 e. The van der Waals surface area contributed by atoms with E-state index in [0.717, 1.165) is 11.1 Å². The standard InChI is InChI=1S/C25H25Cl2NO4/c1-13(2)32-22-7-5-15(11-23(22)31-3)17-12-24(30)28-20-9-16(10-21(29)25(17)20)14-4-6-18(26)19(27)8-14/h4-8,11,13,16-17H,9-10,12H2,1-3H3,(H,28,30).